The molecule has 1 aromatic heterocycles. The minimum atomic E-state index is 0.508. The minimum Gasteiger partial charge on any atom is -0.348 e. The van der Waals surface area contributed by atoms with E-state index in [1.165, 1.54) is 5.69 Å². The number of nitrogens with zero attached hydrogens (tertiary/aromatic N) is 1. The molecule has 0 aliphatic rings. The van der Waals surface area contributed by atoms with Gasteiger partial charge in [-0.2, -0.15) is 0 Å². The fourth-order valence-electron chi connectivity index (χ4n) is 1.19. The van der Waals surface area contributed by atoms with Crippen molar-refractivity contribution in [2.24, 2.45) is 5.84 Å². The van der Waals surface area contributed by atoms with E-state index in [4.69, 9.17) is 5.84 Å². The molecule has 3 heteroatoms. The van der Waals surface area contributed by atoms with Gasteiger partial charge in [-0.3, -0.25) is 11.3 Å². The largest absolute Gasteiger partial charge is 0.348 e. The molecule has 0 aromatic carbocycles. The molecule has 62 valence electrons. The minimum absolute atomic E-state index is 0.508. The molecule has 0 saturated carbocycles. The standard InChI is InChI=1S/C8H15N3/c1-7(2)11-5-3-4-8(11)6-10-9/h3-5,7,10H,6,9H2,1-2H3. The summed E-state index contributed by atoms with van der Waals surface area (Å²) < 4.78 is 2.19. The van der Waals surface area contributed by atoms with Gasteiger partial charge in [-0.1, -0.05) is 0 Å². The summed E-state index contributed by atoms with van der Waals surface area (Å²) in [6.07, 6.45) is 2.07. The van der Waals surface area contributed by atoms with E-state index in [1.807, 2.05) is 6.07 Å². The summed E-state index contributed by atoms with van der Waals surface area (Å²) in [7, 11) is 0. The third-order valence-electron chi connectivity index (χ3n) is 1.71. The van der Waals surface area contributed by atoms with Gasteiger partial charge in [0.15, 0.2) is 0 Å². The predicted octanol–water partition coefficient (Wildman–Crippen LogP) is 1.03. The van der Waals surface area contributed by atoms with Gasteiger partial charge in [0.1, 0.15) is 0 Å². The molecule has 0 radical (unpaired) electrons. The number of rotatable bonds is 3. The summed E-state index contributed by atoms with van der Waals surface area (Å²) in [6.45, 7) is 5.03. The summed E-state index contributed by atoms with van der Waals surface area (Å²) in [5.74, 6) is 5.23. The molecule has 0 aliphatic heterocycles. The Hall–Kier alpha value is -0.800. The van der Waals surface area contributed by atoms with E-state index in [9.17, 15) is 0 Å². The molecule has 1 aromatic rings. The van der Waals surface area contributed by atoms with Crippen molar-refractivity contribution < 1.29 is 0 Å². The molecule has 0 saturated heterocycles. The van der Waals surface area contributed by atoms with Gasteiger partial charge in [-0.15, -0.1) is 0 Å². The molecular formula is C8H15N3. The van der Waals surface area contributed by atoms with E-state index in [0.717, 1.165) is 6.54 Å². The van der Waals surface area contributed by atoms with Crippen LogP contribution in [0.1, 0.15) is 25.6 Å². The molecule has 0 bridgehead atoms. The maximum atomic E-state index is 5.23. The van der Waals surface area contributed by atoms with E-state index in [1.54, 1.807) is 0 Å². The number of hydrogen-bond donors (Lipinski definition) is 2. The van der Waals surface area contributed by atoms with Gasteiger partial charge in [-0.05, 0) is 26.0 Å². The van der Waals surface area contributed by atoms with Crippen molar-refractivity contribution in [3.8, 4) is 0 Å². The van der Waals surface area contributed by atoms with Crippen LogP contribution in [0, 0.1) is 0 Å². The quantitative estimate of drug-likeness (QED) is 0.503. The summed E-state index contributed by atoms with van der Waals surface area (Å²) >= 11 is 0. The van der Waals surface area contributed by atoms with Crippen molar-refractivity contribution in [3.05, 3.63) is 24.0 Å². The molecule has 0 amide bonds. The first kappa shape index (κ1) is 8.30. The molecule has 0 unspecified atom stereocenters. The van der Waals surface area contributed by atoms with Crippen molar-refractivity contribution in [2.75, 3.05) is 0 Å². The highest BCUT2D eigenvalue weighted by Crippen LogP contribution is 2.09. The number of nitrogens with two attached hydrogens (primary N) is 1. The van der Waals surface area contributed by atoms with Crippen LogP contribution in [0.15, 0.2) is 18.3 Å². The van der Waals surface area contributed by atoms with Crippen molar-refractivity contribution in [3.63, 3.8) is 0 Å². The van der Waals surface area contributed by atoms with Crippen molar-refractivity contribution >= 4 is 0 Å². The highest BCUT2D eigenvalue weighted by atomic mass is 15.2. The van der Waals surface area contributed by atoms with Gasteiger partial charge in [0.05, 0.1) is 6.54 Å². The van der Waals surface area contributed by atoms with E-state index in [-0.39, 0.29) is 0 Å². The predicted molar refractivity (Wildman–Crippen MR) is 45.8 cm³/mol. The maximum Gasteiger partial charge on any atom is 0.0501 e. The zero-order valence-corrected chi connectivity index (χ0v) is 7.04. The lowest BCUT2D eigenvalue weighted by Crippen LogP contribution is -2.23. The fourth-order valence-corrected chi connectivity index (χ4v) is 1.19. The summed E-state index contributed by atoms with van der Waals surface area (Å²) in [5.41, 5.74) is 3.87. The first-order chi connectivity index (χ1) is 5.25. The lowest BCUT2D eigenvalue weighted by atomic mass is 10.3. The molecule has 3 N–H and O–H groups in total. The average Bonchev–Trinajstić information content (AvgIpc) is 2.36. The topological polar surface area (TPSA) is 43.0 Å². The number of aromatic nitrogens is 1. The van der Waals surface area contributed by atoms with Gasteiger partial charge in [0, 0.05) is 17.9 Å². The Morgan fingerprint density at radius 1 is 1.64 bits per heavy atom. The molecule has 1 rings (SSSR count). The number of hydrazine groups is 1. The zero-order valence-electron chi connectivity index (χ0n) is 7.04. The first-order valence-corrected chi connectivity index (χ1v) is 3.85. The van der Waals surface area contributed by atoms with Crippen LogP contribution in [0.2, 0.25) is 0 Å². The first-order valence-electron chi connectivity index (χ1n) is 3.85. The summed E-state index contributed by atoms with van der Waals surface area (Å²) in [6, 6.07) is 4.61. The molecule has 0 atom stereocenters. The lowest BCUT2D eigenvalue weighted by Gasteiger charge is -2.11. The Morgan fingerprint density at radius 3 is 2.91 bits per heavy atom. The Bertz CT molecular complexity index is 215. The molecule has 3 nitrogen and oxygen atoms in total. The fraction of sp³-hybridized carbons (Fsp3) is 0.500. The second-order valence-electron chi connectivity index (χ2n) is 2.88. The van der Waals surface area contributed by atoms with Crippen LogP contribution < -0.4 is 11.3 Å². The summed E-state index contributed by atoms with van der Waals surface area (Å²) in [4.78, 5) is 0. The highest BCUT2D eigenvalue weighted by molar-refractivity contribution is 5.07. The van der Waals surface area contributed by atoms with Crippen LogP contribution in [0.3, 0.4) is 0 Å². The average molecular weight is 153 g/mol. The third kappa shape index (κ3) is 1.82. The summed E-state index contributed by atoms with van der Waals surface area (Å²) in [5, 5.41) is 0. The van der Waals surface area contributed by atoms with Crippen molar-refractivity contribution in [1.29, 1.82) is 0 Å². The van der Waals surface area contributed by atoms with E-state index in [2.05, 4.69) is 36.1 Å². The van der Waals surface area contributed by atoms with Crippen molar-refractivity contribution in [1.82, 2.24) is 9.99 Å². The van der Waals surface area contributed by atoms with Crippen LogP contribution in [0.4, 0.5) is 0 Å². The zero-order chi connectivity index (χ0) is 8.27. The normalized spacial score (nSPS) is 10.9. The molecule has 0 aliphatic carbocycles. The van der Waals surface area contributed by atoms with Gasteiger partial charge >= 0.3 is 0 Å². The Balaban J connectivity index is 2.78. The van der Waals surface area contributed by atoms with Crippen LogP contribution in [-0.2, 0) is 6.54 Å². The van der Waals surface area contributed by atoms with E-state index >= 15 is 0 Å². The Kier molecular flexibility index (Phi) is 2.68. The second-order valence-corrected chi connectivity index (χ2v) is 2.88. The van der Waals surface area contributed by atoms with Gasteiger partial charge in [-0.25, -0.2) is 0 Å². The molecule has 1 heterocycles. The third-order valence-corrected chi connectivity index (χ3v) is 1.71. The molecule has 0 fully saturated rings. The molecule has 0 spiro atoms. The second kappa shape index (κ2) is 3.55. The maximum absolute atomic E-state index is 5.23. The SMILES string of the molecule is CC(C)n1cccc1CNN. The lowest BCUT2D eigenvalue weighted by molar-refractivity contribution is 0.558. The van der Waals surface area contributed by atoms with Crippen LogP contribution >= 0.6 is 0 Å². The monoisotopic (exact) mass is 153 g/mol. The van der Waals surface area contributed by atoms with Crippen LogP contribution in [0.5, 0.6) is 0 Å². The van der Waals surface area contributed by atoms with Crippen molar-refractivity contribution in [2.45, 2.75) is 26.4 Å². The van der Waals surface area contributed by atoms with Gasteiger partial charge < -0.3 is 4.57 Å². The van der Waals surface area contributed by atoms with Crippen LogP contribution in [0.25, 0.3) is 0 Å². The Morgan fingerprint density at radius 2 is 2.36 bits per heavy atom. The molecular weight excluding hydrogens is 138 g/mol. The highest BCUT2D eigenvalue weighted by Gasteiger charge is 2.01. The number of hydrogen-bond acceptors (Lipinski definition) is 2. The Labute approximate surface area is 67.2 Å². The molecule has 11 heavy (non-hydrogen) atoms. The van der Waals surface area contributed by atoms with Gasteiger partial charge in [0.2, 0.25) is 0 Å². The van der Waals surface area contributed by atoms with E-state index in [0.29, 0.717) is 6.04 Å². The number of nitrogens with one attached hydrogen (secondary N) is 1. The van der Waals surface area contributed by atoms with E-state index < -0.39 is 0 Å². The van der Waals surface area contributed by atoms with Gasteiger partial charge in [0.25, 0.3) is 0 Å². The smallest absolute Gasteiger partial charge is 0.0501 e. The van der Waals surface area contributed by atoms with Crippen LogP contribution in [-0.4, -0.2) is 4.57 Å².